The van der Waals surface area contributed by atoms with Gasteiger partial charge in [-0.15, -0.1) is 13.2 Å². The van der Waals surface area contributed by atoms with E-state index in [4.69, 9.17) is 0 Å². The molecule has 0 radical (unpaired) electrons. The Morgan fingerprint density at radius 1 is 1.36 bits per heavy atom. The Labute approximate surface area is 123 Å². The fourth-order valence-electron chi connectivity index (χ4n) is 1.71. The number of benzene rings is 1. The molecule has 0 aliphatic heterocycles. The normalized spacial score (nSPS) is 14.3. The Hall–Kier alpha value is -1.87. The van der Waals surface area contributed by atoms with Crippen LogP contribution in [-0.4, -0.2) is 35.1 Å². The first-order chi connectivity index (χ1) is 10.1. The van der Waals surface area contributed by atoms with Gasteiger partial charge in [0.1, 0.15) is 17.7 Å². The molecule has 0 aliphatic rings. The molecule has 3 N–H and O–H groups in total. The van der Waals surface area contributed by atoms with Gasteiger partial charge >= 0.3 is 6.36 Å². The van der Waals surface area contributed by atoms with Crippen LogP contribution in [0.2, 0.25) is 0 Å². The lowest BCUT2D eigenvalue weighted by molar-refractivity contribution is -0.274. The highest BCUT2D eigenvalue weighted by Gasteiger charge is 2.32. The van der Waals surface area contributed by atoms with Crippen molar-refractivity contribution in [1.82, 2.24) is 5.32 Å². The zero-order chi connectivity index (χ0) is 16.9. The van der Waals surface area contributed by atoms with E-state index in [9.17, 15) is 32.6 Å². The first-order valence-corrected chi connectivity index (χ1v) is 6.26. The van der Waals surface area contributed by atoms with Crippen LogP contribution < -0.4 is 10.1 Å². The standard InChI is InChI=1S/C13H15F4NO4/c1-7(19)18-5-4-11(20)12(21)9-6-8(2-3-10(9)14)22-13(15,16)17/h2-3,6,11-12,20-21H,4-5H2,1H3,(H,18,19). The largest absolute Gasteiger partial charge is 0.573 e. The van der Waals surface area contributed by atoms with Crippen molar-refractivity contribution >= 4 is 5.91 Å². The van der Waals surface area contributed by atoms with Crippen molar-refractivity contribution in [2.24, 2.45) is 0 Å². The van der Waals surface area contributed by atoms with Crippen LogP contribution in [0.15, 0.2) is 18.2 Å². The molecule has 0 aliphatic carbocycles. The molecule has 0 saturated carbocycles. The van der Waals surface area contributed by atoms with Gasteiger partial charge in [0.05, 0.1) is 6.10 Å². The van der Waals surface area contributed by atoms with E-state index >= 15 is 0 Å². The maximum atomic E-state index is 13.6. The van der Waals surface area contributed by atoms with E-state index < -0.39 is 35.7 Å². The van der Waals surface area contributed by atoms with Gasteiger partial charge in [0, 0.05) is 19.0 Å². The predicted octanol–water partition coefficient (Wildman–Crippen LogP) is 1.64. The molecule has 1 aromatic carbocycles. The summed E-state index contributed by atoms with van der Waals surface area (Å²) in [6.45, 7) is 1.27. The molecule has 0 aromatic heterocycles. The molecule has 1 rings (SSSR count). The van der Waals surface area contributed by atoms with Gasteiger partial charge in [0.2, 0.25) is 5.91 Å². The minimum atomic E-state index is -4.95. The molecule has 0 heterocycles. The third-order valence-corrected chi connectivity index (χ3v) is 2.70. The second kappa shape index (κ2) is 7.41. The van der Waals surface area contributed by atoms with Gasteiger partial charge in [-0.3, -0.25) is 4.79 Å². The first-order valence-electron chi connectivity index (χ1n) is 6.26. The van der Waals surface area contributed by atoms with Crippen molar-refractivity contribution in [3.05, 3.63) is 29.6 Å². The highest BCUT2D eigenvalue weighted by molar-refractivity contribution is 5.72. The van der Waals surface area contributed by atoms with Gasteiger partial charge in [-0.1, -0.05) is 0 Å². The summed E-state index contributed by atoms with van der Waals surface area (Å²) >= 11 is 0. The van der Waals surface area contributed by atoms with Gasteiger partial charge in [0.15, 0.2) is 0 Å². The minimum absolute atomic E-state index is 0.0217. The molecular formula is C13H15F4NO4. The number of amides is 1. The minimum Gasteiger partial charge on any atom is -0.406 e. The Bertz CT molecular complexity index is 521. The Morgan fingerprint density at radius 2 is 2.00 bits per heavy atom. The molecule has 2 unspecified atom stereocenters. The first kappa shape index (κ1) is 18.2. The average molecular weight is 325 g/mol. The molecule has 0 fully saturated rings. The van der Waals surface area contributed by atoms with Gasteiger partial charge in [-0.2, -0.15) is 0 Å². The number of halogens is 4. The van der Waals surface area contributed by atoms with Crippen molar-refractivity contribution in [2.45, 2.75) is 31.9 Å². The second-order valence-electron chi connectivity index (χ2n) is 4.51. The fourth-order valence-corrected chi connectivity index (χ4v) is 1.71. The molecule has 0 bridgehead atoms. The monoisotopic (exact) mass is 325 g/mol. The molecule has 1 amide bonds. The molecule has 22 heavy (non-hydrogen) atoms. The van der Waals surface area contributed by atoms with Gasteiger partial charge in [0.25, 0.3) is 0 Å². The van der Waals surface area contributed by atoms with E-state index in [1.54, 1.807) is 0 Å². The Kier molecular flexibility index (Phi) is 6.12. The van der Waals surface area contributed by atoms with Crippen molar-refractivity contribution < 1.29 is 37.3 Å². The van der Waals surface area contributed by atoms with Crippen molar-refractivity contribution in [3.8, 4) is 5.75 Å². The summed E-state index contributed by atoms with van der Waals surface area (Å²) in [6, 6.07) is 2.11. The predicted molar refractivity (Wildman–Crippen MR) is 67.4 cm³/mol. The fraction of sp³-hybridized carbons (Fsp3) is 0.462. The summed E-state index contributed by atoms with van der Waals surface area (Å²) in [5.74, 6) is -2.05. The van der Waals surface area contributed by atoms with Crippen molar-refractivity contribution in [1.29, 1.82) is 0 Å². The number of nitrogens with one attached hydrogen (secondary N) is 1. The van der Waals surface area contributed by atoms with Crippen LogP contribution in [0, 0.1) is 5.82 Å². The number of carbonyl (C=O) groups is 1. The number of aliphatic hydroxyl groups is 2. The van der Waals surface area contributed by atoms with E-state index in [0.29, 0.717) is 12.1 Å². The number of alkyl halides is 3. The van der Waals surface area contributed by atoms with Crippen LogP contribution in [0.3, 0.4) is 0 Å². The summed E-state index contributed by atoms with van der Waals surface area (Å²) < 4.78 is 53.5. The molecule has 124 valence electrons. The van der Waals surface area contributed by atoms with Crippen molar-refractivity contribution in [2.75, 3.05) is 6.54 Å². The van der Waals surface area contributed by atoms with Gasteiger partial charge < -0.3 is 20.3 Å². The van der Waals surface area contributed by atoms with Crippen LogP contribution in [-0.2, 0) is 4.79 Å². The number of rotatable bonds is 6. The maximum Gasteiger partial charge on any atom is 0.573 e. The molecule has 9 heteroatoms. The van der Waals surface area contributed by atoms with Crippen LogP contribution in [0.4, 0.5) is 17.6 Å². The summed E-state index contributed by atoms with van der Waals surface area (Å²) in [4.78, 5) is 10.7. The summed E-state index contributed by atoms with van der Waals surface area (Å²) in [6.07, 6.45) is -8.29. The zero-order valence-corrected chi connectivity index (χ0v) is 11.5. The smallest absolute Gasteiger partial charge is 0.406 e. The molecule has 0 saturated heterocycles. The highest BCUT2D eigenvalue weighted by atomic mass is 19.4. The van der Waals surface area contributed by atoms with Gasteiger partial charge in [-0.05, 0) is 24.6 Å². The van der Waals surface area contributed by atoms with Gasteiger partial charge in [-0.25, -0.2) is 4.39 Å². The Morgan fingerprint density at radius 3 is 2.55 bits per heavy atom. The van der Waals surface area contributed by atoms with E-state index in [1.165, 1.54) is 6.92 Å². The number of hydrogen-bond acceptors (Lipinski definition) is 4. The molecule has 0 spiro atoms. The van der Waals surface area contributed by atoms with E-state index in [2.05, 4.69) is 10.1 Å². The molecular weight excluding hydrogens is 310 g/mol. The third kappa shape index (κ3) is 5.86. The number of aliphatic hydroxyl groups excluding tert-OH is 2. The average Bonchev–Trinajstić information content (AvgIpc) is 2.38. The highest BCUT2D eigenvalue weighted by Crippen LogP contribution is 2.29. The summed E-state index contributed by atoms with van der Waals surface area (Å²) in [5, 5.41) is 21.9. The van der Waals surface area contributed by atoms with E-state index in [-0.39, 0.29) is 18.9 Å². The SMILES string of the molecule is CC(=O)NCCC(O)C(O)c1cc(OC(F)(F)F)ccc1F. The lowest BCUT2D eigenvalue weighted by Crippen LogP contribution is -2.28. The Balaban J connectivity index is 2.80. The summed E-state index contributed by atoms with van der Waals surface area (Å²) in [5.41, 5.74) is -0.530. The molecule has 5 nitrogen and oxygen atoms in total. The number of ether oxygens (including phenoxy) is 1. The lowest BCUT2D eigenvalue weighted by Gasteiger charge is -2.19. The number of carbonyl (C=O) groups excluding carboxylic acids is 1. The quantitative estimate of drug-likeness (QED) is 0.695. The molecule has 1 aromatic rings. The van der Waals surface area contributed by atoms with E-state index in [0.717, 1.165) is 6.07 Å². The summed E-state index contributed by atoms with van der Waals surface area (Å²) in [7, 11) is 0. The zero-order valence-electron chi connectivity index (χ0n) is 11.5. The second-order valence-corrected chi connectivity index (χ2v) is 4.51. The van der Waals surface area contributed by atoms with Crippen LogP contribution in [0.1, 0.15) is 25.0 Å². The van der Waals surface area contributed by atoms with Crippen LogP contribution >= 0.6 is 0 Å². The number of hydrogen-bond donors (Lipinski definition) is 3. The topological polar surface area (TPSA) is 78.8 Å². The van der Waals surface area contributed by atoms with Crippen LogP contribution in [0.25, 0.3) is 0 Å². The maximum absolute atomic E-state index is 13.6. The third-order valence-electron chi connectivity index (χ3n) is 2.70. The van der Waals surface area contributed by atoms with E-state index in [1.807, 2.05) is 0 Å². The molecule has 2 atom stereocenters. The van der Waals surface area contributed by atoms with Crippen LogP contribution in [0.5, 0.6) is 5.75 Å². The van der Waals surface area contributed by atoms with Crippen molar-refractivity contribution in [3.63, 3.8) is 0 Å². The lowest BCUT2D eigenvalue weighted by atomic mass is 10.0.